The van der Waals surface area contributed by atoms with E-state index in [4.69, 9.17) is 4.74 Å². The molecule has 1 aromatic heterocycles. The second kappa shape index (κ2) is 6.23. The molecule has 0 atom stereocenters. The van der Waals surface area contributed by atoms with Crippen LogP contribution in [0.5, 0.6) is 5.75 Å². The van der Waals surface area contributed by atoms with Crippen LogP contribution in [0.15, 0.2) is 35.4 Å². The summed E-state index contributed by atoms with van der Waals surface area (Å²) in [7, 11) is -2.08. The Morgan fingerprint density at radius 2 is 1.87 bits per heavy atom. The first kappa shape index (κ1) is 15.9. The Morgan fingerprint density at radius 1 is 1.22 bits per heavy atom. The Kier molecular flexibility index (Phi) is 4.30. The van der Waals surface area contributed by atoms with Crippen molar-refractivity contribution >= 4 is 15.7 Å². The van der Waals surface area contributed by atoms with Crippen LogP contribution >= 0.6 is 0 Å². The van der Waals surface area contributed by atoms with E-state index in [-0.39, 0.29) is 4.90 Å². The summed E-state index contributed by atoms with van der Waals surface area (Å²) in [6, 6.07) is 7.10. The van der Waals surface area contributed by atoms with Gasteiger partial charge in [-0.15, -0.1) is 0 Å². The molecule has 1 aliphatic rings. The summed E-state index contributed by atoms with van der Waals surface area (Å²) in [5, 5.41) is 4.41. The standard InChI is InChI=1S/C16H21N3O3S/c1-12-16(11-19(17-12)14-5-3-4-6-14)23(20,21)18-13-7-9-15(22-2)10-8-13/h7-11,14,18H,3-6H2,1-2H3. The molecule has 1 saturated carbocycles. The third-order valence-electron chi connectivity index (χ3n) is 4.20. The van der Waals surface area contributed by atoms with Crippen molar-refractivity contribution < 1.29 is 13.2 Å². The summed E-state index contributed by atoms with van der Waals surface area (Å²) in [6.07, 6.45) is 6.13. The first-order chi connectivity index (χ1) is 11.0. The number of methoxy groups -OCH3 is 1. The normalized spacial score (nSPS) is 15.7. The fourth-order valence-electron chi connectivity index (χ4n) is 2.95. The number of ether oxygens (including phenoxy) is 1. The number of anilines is 1. The molecular formula is C16H21N3O3S. The maximum atomic E-state index is 12.6. The molecule has 0 bridgehead atoms. The predicted molar refractivity (Wildman–Crippen MR) is 88.3 cm³/mol. The average Bonchev–Trinajstić information content (AvgIpc) is 3.17. The van der Waals surface area contributed by atoms with Crippen molar-refractivity contribution in [2.45, 2.75) is 43.5 Å². The minimum atomic E-state index is -3.65. The van der Waals surface area contributed by atoms with Gasteiger partial charge in [-0.05, 0) is 44.0 Å². The number of hydrogen-bond acceptors (Lipinski definition) is 4. The fourth-order valence-corrected chi connectivity index (χ4v) is 4.19. The predicted octanol–water partition coefficient (Wildman–Crippen LogP) is 3.12. The number of aryl methyl sites for hydroxylation is 1. The van der Waals surface area contributed by atoms with Crippen LogP contribution in [-0.2, 0) is 10.0 Å². The molecule has 0 unspecified atom stereocenters. The van der Waals surface area contributed by atoms with Crippen molar-refractivity contribution in [2.24, 2.45) is 0 Å². The zero-order chi connectivity index (χ0) is 16.4. The second-order valence-corrected chi connectivity index (χ2v) is 7.48. The van der Waals surface area contributed by atoms with Crippen LogP contribution < -0.4 is 9.46 Å². The average molecular weight is 335 g/mol. The quantitative estimate of drug-likeness (QED) is 0.911. The molecule has 0 saturated heterocycles. The molecular weight excluding hydrogens is 314 g/mol. The van der Waals surface area contributed by atoms with Gasteiger partial charge in [-0.3, -0.25) is 9.40 Å². The molecule has 124 valence electrons. The van der Waals surface area contributed by atoms with Crippen molar-refractivity contribution in [1.29, 1.82) is 0 Å². The van der Waals surface area contributed by atoms with Gasteiger partial charge in [0, 0.05) is 11.9 Å². The van der Waals surface area contributed by atoms with Crippen LogP contribution in [0.25, 0.3) is 0 Å². The van der Waals surface area contributed by atoms with Gasteiger partial charge in [0.2, 0.25) is 0 Å². The molecule has 1 aliphatic carbocycles. The molecule has 23 heavy (non-hydrogen) atoms. The molecule has 1 fully saturated rings. The number of rotatable bonds is 5. The SMILES string of the molecule is COc1ccc(NS(=O)(=O)c2cn(C3CCCC3)nc2C)cc1. The molecule has 0 radical (unpaired) electrons. The zero-order valence-electron chi connectivity index (χ0n) is 13.3. The number of benzene rings is 1. The van der Waals surface area contributed by atoms with Gasteiger partial charge in [-0.1, -0.05) is 12.8 Å². The van der Waals surface area contributed by atoms with Crippen molar-refractivity contribution in [1.82, 2.24) is 9.78 Å². The number of nitrogens with zero attached hydrogens (tertiary/aromatic N) is 2. The highest BCUT2D eigenvalue weighted by molar-refractivity contribution is 7.92. The number of nitrogens with one attached hydrogen (secondary N) is 1. The highest BCUT2D eigenvalue weighted by Crippen LogP contribution is 2.30. The van der Waals surface area contributed by atoms with E-state index >= 15 is 0 Å². The smallest absolute Gasteiger partial charge is 0.265 e. The molecule has 0 aliphatic heterocycles. The molecule has 1 aromatic carbocycles. The van der Waals surface area contributed by atoms with Gasteiger partial charge in [-0.2, -0.15) is 5.10 Å². The van der Waals surface area contributed by atoms with Gasteiger partial charge in [0.25, 0.3) is 10.0 Å². The summed E-state index contributed by atoms with van der Waals surface area (Å²) in [6.45, 7) is 1.73. The second-order valence-electron chi connectivity index (χ2n) is 5.83. The Bertz CT molecular complexity index is 775. The van der Waals surface area contributed by atoms with Gasteiger partial charge >= 0.3 is 0 Å². The number of hydrogen-bond donors (Lipinski definition) is 1. The molecule has 0 amide bonds. The van der Waals surface area contributed by atoms with Crippen molar-refractivity contribution in [3.05, 3.63) is 36.2 Å². The summed E-state index contributed by atoms with van der Waals surface area (Å²) >= 11 is 0. The van der Waals surface area contributed by atoms with Gasteiger partial charge in [0.15, 0.2) is 0 Å². The molecule has 0 spiro atoms. The third-order valence-corrected chi connectivity index (χ3v) is 5.69. The summed E-state index contributed by atoms with van der Waals surface area (Å²) < 4.78 is 34.7. The highest BCUT2D eigenvalue weighted by atomic mass is 32.2. The van der Waals surface area contributed by atoms with Crippen molar-refractivity contribution in [3.8, 4) is 5.75 Å². The first-order valence-corrected chi connectivity index (χ1v) is 9.20. The Hall–Kier alpha value is -2.02. The van der Waals surface area contributed by atoms with E-state index in [1.807, 2.05) is 4.68 Å². The lowest BCUT2D eigenvalue weighted by Gasteiger charge is -2.09. The van der Waals surface area contributed by atoms with Crippen LogP contribution in [0.4, 0.5) is 5.69 Å². The minimum Gasteiger partial charge on any atom is -0.497 e. The molecule has 2 aromatic rings. The maximum absolute atomic E-state index is 12.6. The largest absolute Gasteiger partial charge is 0.497 e. The number of aromatic nitrogens is 2. The van der Waals surface area contributed by atoms with Crippen molar-refractivity contribution in [2.75, 3.05) is 11.8 Å². The Morgan fingerprint density at radius 3 is 2.48 bits per heavy atom. The van der Waals surface area contributed by atoms with Gasteiger partial charge < -0.3 is 4.74 Å². The van der Waals surface area contributed by atoms with Crippen LogP contribution in [0, 0.1) is 6.92 Å². The third kappa shape index (κ3) is 3.34. The summed E-state index contributed by atoms with van der Waals surface area (Å²) in [5.74, 6) is 0.679. The van der Waals surface area contributed by atoms with Crippen LogP contribution in [-0.4, -0.2) is 25.3 Å². The van der Waals surface area contributed by atoms with E-state index < -0.39 is 10.0 Å². The Balaban J connectivity index is 1.83. The summed E-state index contributed by atoms with van der Waals surface area (Å²) in [4.78, 5) is 0.236. The first-order valence-electron chi connectivity index (χ1n) is 7.72. The van der Waals surface area contributed by atoms with Crippen LogP contribution in [0.2, 0.25) is 0 Å². The van der Waals surface area contributed by atoms with E-state index in [0.717, 1.165) is 12.8 Å². The van der Waals surface area contributed by atoms with Gasteiger partial charge in [-0.25, -0.2) is 8.42 Å². The van der Waals surface area contributed by atoms with Gasteiger partial charge in [0.05, 0.1) is 18.8 Å². The van der Waals surface area contributed by atoms with E-state index in [1.165, 1.54) is 12.8 Å². The molecule has 6 nitrogen and oxygen atoms in total. The van der Waals surface area contributed by atoms with Gasteiger partial charge in [0.1, 0.15) is 10.6 Å². The van der Waals surface area contributed by atoms with E-state index in [1.54, 1.807) is 44.5 Å². The lowest BCUT2D eigenvalue weighted by atomic mass is 10.3. The molecule has 1 heterocycles. The molecule has 1 N–H and O–H groups in total. The van der Waals surface area contributed by atoms with Crippen molar-refractivity contribution in [3.63, 3.8) is 0 Å². The van der Waals surface area contributed by atoms with E-state index in [0.29, 0.717) is 23.2 Å². The van der Waals surface area contributed by atoms with E-state index in [9.17, 15) is 8.42 Å². The fraction of sp³-hybridized carbons (Fsp3) is 0.438. The lowest BCUT2D eigenvalue weighted by molar-refractivity contribution is 0.415. The monoisotopic (exact) mass is 335 g/mol. The minimum absolute atomic E-state index is 0.236. The summed E-state index contributed by atoms with van der Waals surface area (Å²) in [5.41, 5.74) is 1.02. The molecule has 3 rings (SSSR count). The van der Waals surface area contributed by atoms with Crippen LogP contribution in [0.1, 0.15) is 37.4 Å². The molecule has 7 heteroatoms. The zero-order valence-corrected chi connectivity index (χ0v) is 14.1. The van der Waals surface area contributed by atoms with E-state index in [2.05, 4.69) is 9.82 Å². The maximum Gasteiger partial charge on any atom is 0.265 e. The highest BCUT2D eigenvalue weighted by Gasteiger charge is 2.24. The topological polar surface area (TPSA) is 73.2 Å². The van der Waals surface area contributed by atoms with Crippen LogP contribution in [0.3, 0.4) is 0 Å². The number of sulfonamides is 1. The lowest BCUT2D eigenvalue weighted by Crippen LogP contribution is -2.13. The Labute approximate surface area is 136 Å².